The summed E-state index contributed by atoms with van der Waals surface area (Å²) < 4.78 is 10.3. The molecule has 0 aliphatic rings. The molecular formula is C12H17NO4. The van der Waals surface area contributed by atoms with E-state index in [2.05, 4.69) is 0 Å². The van der Waals surface area contributed by atoms with Crippen molar-refractivity contribution in [1.29, 1.82) is 0 Å². The molecule has 0 aliphatic heterocycles. The summed E-state index contributed by atoms with van der Waals surface area (Å²) in [5.74, 6) is 0.479. The van der Waals surface area contributed by atoms with E-state index < -0.39 is 5.97 Å². The van der Waals surface area contributed by atoms with Crippen LogP contribution in [0.25, 0.3) is 0 Å². The Morgan fingerprint density at radius 1 is 1.29 bits per heavy atom. The first-order chi connectivity index (χ1) is 8.08. The molecule has 1 aromatic carbocycles. The van der Waals surface area contributed by atoms with Crippen LogP contribution in [0.4, 0.5) is 5.69 Å². The maximum atomic E-state index is 10.5. The molecule has 0 atom stereocenters. The summed E-state index contributed by atoms with van der Waals surface area (Å²) in [4.78, 5) is 12.3. The van der Waals surface area contributed by atoms with Crippen LogP contribution in [0, 0.1) is 0 Å². The fourth-order valence-corrected chi connectivity index (χ4v) is 1.45. The van der Waals surface area contributed by atoms with Crippen molar-refractivity contribution in [3.8, 4) is 11.5 Å². The number of carboxylic acid groups (broad SMARTS) is 1. The van der Waals surface area contributed by atoms with Gasteiger partial charge in [0.15, 0.2) is 11.5 Å². The second kappa shape index (κ2) is 5.98. The molecule has 0 unspecified atom stereocenters. The monoisotopic (exact) mass is 239 g/mol. The number of rotatable bonds is 6. The molecule has 5 heteroatoms. The van der Waals surface area contributed by atoms with Gasteiger partial charge in [-0.3, -0.25) is 4.79 Å². The number of ether oxygens (including phenoxy) is 2. The molecule has 0 radical (unpaired) electrons. The summed E-state index contributed by atoms with van der Waals surface area (Å²) in [5, 5.41) is 8.62. The lowest BCUT2D eigenvalue weighted by atomic mass is 10.2. The molecule has 0 aliphatic carbocycles. The van der Waals surface area contributed by atoms with E-state index in [0.717, 1.165) is 5.69 Å². The Morgan fingerprint density at radius 3 is 2.47 bits per heavy atom. The number of carboxylic acids is 1. The zero-order chi connectivity index (χ0) is 12.8. The van der Waals surface area contributed by atoms with E-state index >= 15 is 0 Å². The van der Waals surface area contributed by atoms with Gasteiger partial charge in [0.05, 0.1) is 20.6 Å². The van der Waals surface area contributed by atoms with Gasteiger partial charge in [-0.2, -0.15) is 0 Å². The summed E-state index contributed by atoms with van der Waals surface area (Å²) in [6.45, 7) is 0.449. The lowest BCUT2D eigenvalue weighted by molar-refractivity contribution is -0.136. The van der Waals surface area contributed by atoms with Crippen LogP contribution in [0.15, 0.2) is 18.2 Å². The van der Waals surface area contributed by atoms with Gasteiger partial charge in [-0.25, -0.2) is 0 Å². The number of benzene rings is 1. The van der Waals surface area contributed by atoms with Crippen molar-refractivity contribution in [2.45, 2.75) is 6.42 Å². The van der Waals surface area contributed by atoms with Gasteiger partial charge < -0.3 is 19.5 Å². The summed E-state index contributed by atoms with van der Waals surface area (Å²) in [5.41, 5.74) is 0.893. The summed E-state index contributed by atoms with van der Waals surface area (Å²) >= 11 is 0. The van der Waals surface area contributed by atoms with Gasteiger partial charge in [-0.1, -0.05) is 0 Å². The highest BCUT2D eigenvalue weighted by Crippen LogP contribution is 2.30. The fourth-order valence-electron chi connectivity index (χ4n) is 1.45. The third kappa shape index (κ3) is 3.55. The quantitative estimate of drug-likeness (QED) is 0.817. The molecule has 0 aromatic heterocycles. The van der Waals surface area contributed by atoms with Gasteiger partial charge >= 0.3 is 5.97 Å². The van der Waals surface area contributed by atoms with E-state index in [4.69, 9.17) is 14.6 Å². The standard InChI is InChI=1S/C12H17NO4/c1-13(7-6-12(14)15)9-4-5-10(16-2)11(8-9)17-3/h4-5,8H,6-7H2,1-3H3,(H,14,15). The van der Waals surface area contributed by atoms with E-state index in [-0.39, 0.29) is 6.42 Å². The Labute approximate surface area is 101 Å². The van der Waals surface area contributed by atoms with Crippen LogP contribution >= 0.6 is 0 Å². The van der Waals surface area contributed by atoms with Gasteiger partial charge in [0.2, 0.25) is 0 Å². The minimum Gasteiger partial charge on any atom is -0.493 e. The third-order valence-electron chi connectivity index (χ3n) is 2.47. The molecule has 1 rings (SSSR count). The Morgan fingerprint density at radius 2 is 1.94 bits per heavy atom. The van der Waals surface area contributed by atoms with Crippen molar-refractivity contribution in [3.05, 3.63) is 18.2 Å². The minimum atomic E-state index is -0.808. The Balaban J connectivity index is 2.80. The second-order valence-corrected chi connectivity index (χ2v) is 3.60. The normalized spacial score (nSPS) is 9.82. The van der Waals surface area contributed by atoms with Crippen molar-refractivity contribution < 1.29 is 19.4 Å². The predicted molar refractivity (Wildman–Crippen MR) is 65.1 cm³/mol. The van der Waals surface area contributed by atoms with Crippen LogP contribution in [-0.4, -0.2) is 38.9 Å². The number of hydrogen-bond acceptors (Lipinski definition) is 4. The molecule has 0 saturated heterocycles. The highest BCUT2D eigenvalue weighted by Gasteiger charge is 2.08. The zero-order valence-corrected chi connectivity index (χ0v) is 10.3. The topological polar surface area (TPSA) is 59.0 Å². The number of carbonyl (C=O) groups is 1. The van der Waals surface area contributed by atoms with Crippen molar-refractivity contribution in [2.75, 3.05) is 32.7 Å². The molecule has 0 amide bonds. The Bertz CT molecular complexity index is 392. The number of methoxy groups -OCH3 is 2. The highest BCUT2D eigenvalue weighted by atomic mass is 16.5. The summed E-state index contributed by atoms with van der Waals surface area (Å²) in [6.07, 6.45) is 0.102. The minimum absolute atomic E-state index is 0.102. The van der Waals surface area contributed by atoms with Gasteiger partial charge in [-0.05, 0) is 12.1 Å². The molecule has 17 heavy (non-hydrogen) atoms. The SMILES string of the molecule is COc1ccc(N(C)CCC(=O)O)cc1OC. The average molecular weight is 239 g/mol. The Hall–Kier alpha value is -1.91. The van der Waals surface area contributed by atoms with E-state index in [1.54, 1.807) is 20.3 Å². The molecule has 94 valence electrons. The van der Waals surface area contributed by atoms with Crippen LogP contribution in [0.5, 0.6) is 11.5 Å². The molecule has 0 fully saturated rings. The molecule has 0 saturated carbocycles. The lowest BCUT2D eigenvalue weighted by Gasteiger charge is -2.19. The fraction of sp³-hybridized carbons (Fsp3) is 0.417. The van der Waals surface area contributed by atoms with Crippen LogP contribution in [-0.2, 0) is 4.79 Å². The molecule has 0 spiro atoms. The first-order valence-electron chi connectivity index (χ1n) is 5.23. The van der Waals surface area contributed by atoms with Crippen molar-refractivity contribution in [3.63, 3.8) is 0 Å². The first kappa shape index (κ1) is 13.2. The van der Waals surface area contributed by atoms with E-state index in [0.29, 0.717) is 18.0 Å². The molecule has 5 nitrogen and oxygen atoms in total. The van der Waals surface area contributed by atoms with Crippen LogP contribution in [0.3, 0.4) is 0 Å². The first-order valence-corrected chi connectivity index (χ1v) is 5.23. The summed E-state index contributed by atoms with van der Waals surface area (Å²) in [6, 6.07) is 5.48. The molecule has 1 N–H and O–H groups in total. The van der Waals surface area contributed by atoms with Crippen LogP contribution in [0.1, 0.15) is 6.42 Å². The van der Waals surface area contributed by atoms with E-state index in [1.165, 1.54) is 0 Å². The van der Waals surface area contributed by atoms with Gasteiger partial charge in [0.1, 0.15) is 0 Å². The van der Waals surface area contributed by atoms with Crippen molar-refractivity contribution in [1.82, 2.24) is 0 Å². The summed E-state index contributed by atoms with van der Waals surface area (Å²) in [7, 11) is 4.98. The molecule has 1 aromatic rings. The lowest BCUT2D eigenvalue weighted by Crippen LogP contribution is -2.20. The van der Waals surface area contributed by atoms with E-state index in [9.17, 15) is 4.79 Å². The van der Waals surface area contributed by atoms with Gasteiger partial charge in [0.25, 0.3) is 0 Å². The highest BCUT2D eigenvalue weighted by molar-refractivity contribution is 5.68. The van der Waals surface area contributed by atoms with Gasteiger partial charge in [-0.15, -0.1) is 0 Å². The zero-order valence-electron chi connectivity index (χ0n) is 10.3. The Kier molecular flexibility index (Phi) is 4.63. The van der Waals surface area contributed by atoms with E-state index in [1.807, 2.05) is 24.1 Å². The van der Waals surface area contributed by atoms with Crippen LogP contribution in [0.2, 0.25) is 0 Å². The van der Waals surface area contributed by atoms with Gasteiger partial charge in [0, 0.05) is 25.3 Å². The number of hydrogen-bond donors (Lipinski definition) is 1. The van der Waals surface area contributed by atoms with Crippen LogP contribution < -0.4 is 14.4 Å². The maximum Gasteiger partial charge on any atom is 0.305 e. The second-order valence-electron chi connectivity index (χ2n) is 3.60. The predicted octanol–water partition coefficient (Wildman–Crippen LogP) is 1.61. The maximum absolute atomic E-state index is 10.5. The molecular weight excluding hydrogens is 222 g/mol. The third-order valence-corrected chi connectivity index (χ3v) is 2.47. The van der Waals surface area contributed by atoms with Crippen molar-refractivity contribution >= 4 is 11.7 Å². The largest absolute Gasteiger partial charge is 0.493 e. The smallest absolute Gasteiger partial charge is 0.305 e. The van der Waals surface area contributed by atoms with Crippen molar-refractivity contribution in [2.24, 2.45) is 0 Å². The average Bonchev–Trinajstić information content (AvgIpc) is 2.34. The molecule has 0 bridgehead atoms. The number of aliphatic carboxylic acids is 1. The number of nitrogens with zero attached hydrogens (tertiary/aromatic N) is 1. The molecule has 0 heterocycles. The number of anilines is 1.